The Hall–Kier alpha value is -0.0800. The fourth-order valence-corrected chi connectivity index (χ4v) is 3.48. The normalized spacial score (nSPS) is 30.8. The Bertz CT molecular complexity index is 237. The molecule has 0 unspecified atom stereocenters. The van der Waals surface area contributed by atoms with Crippen molar-refractivity contribution in [1.29, 1.82) is 0 Å². The van der Waals surface area contributed by atoms with Crippen LogP contribution >= 0.6 is 0 Å². The van der Waals surface area contributed by atoms with Crippen molar-refractivity contribution in [2.45, 2.75) is 90.7 Å². The Morgan fingerprint density at radius 3 is 2.17 bits per heavy atom. The third-order valence-corrected chi connectivity index (χ3v) is 5.45. The van der Waals surface area contributed by atoms with E-state index in [9.17, 15) is 0 Å². The molecular formula is C16H31NO. The van der Waals surface area contributed by atoms with Gasteiger partial charge in [0.05, 0.1) is 6.10 Å². The molecule has 0 radical (unpaired) electrons. The first-order valence-corrected chi connectivity index (χ1v) is 8.03. The zero-order chi connectivity index (χ0) is 13.0. The average Bonchev–Trinajstić information content (AvgIpc) is 2.90. The molecular weight excluding hydrogens is 222 g/mol. The molecule has 2 saturated carbocycles. The van der Waals surface area contributed by atoms with Crippen molar-refractivity contribution < 1.29 is 4.84 Å². The van der Waals surface area contributed by atoms with Crippen LogP contribution in [0.4, 0.5) is 0 Å². The summed E-state index contributed by atoms with van der Waals surface area (Å²) >= 11 is 0. The van der Waals surface area contributed by atoms with E-state index < -0.39 is 0 Å². The van der Waals surface area contributed by atoms with Crippen LogP contribution in [0.25, 0.3) is 0 Å². The fraction of sp³-hybridized carbons (Fsp3) is 1.00. The maximum absolute atomic E-state index is 5.84. The summed E-state index contributed by atoms with van der Waals surface area (Å²) in [6, 6.07) is 0.606. The molecule has 2 aliphatic carbocycles. The van der Waals surface area contributed by atoms with Crippen molar-refractivity contribution in [2.75, 3.05) is 0 Å². The minimum absolute atomic E-state index is 0.495. The molecule has 0 heterocycles. The molecule has 2 rings (SSSR count). The molecule has 1 N–H and O–H groups in total. The molecule has 0 amide bonds. The van der Waals surface area contributed by atoms with Gasteiger partial charge in [-0.1, -0.05) is 40.0 Å². The van der Waals surface area contributed by atoms with Crippen LogP contribution in [0.5, 0.6) is 0 Å². The Morgan fingerprint density at radius 2 is 1.61 bits per heavy atom. The molecule has 18 heavy (non-hydrogen) atoms. The highest BCUT2D eigenvalue weighted by atomic mass is 16.7. The van der Waals surface area contributed by atoms with Gasteiger partial charge < -0.3 is 0 Å². The van der Waals surface area contributed by atoms with Gasteiger partial charge in [0.15, 0.2) is 0 Å². The number of hydroxylamine groups is 1. The van der Waals surface area contributed by atoms with E-state index in [1.165, 1.54) is 57.8 Å². The number of rotatable bonds is 5. The summed E-state index contributed by atoms with van der Waals surface area (Å²) < 4.78 is 0. The molecule has 2 heteroatoms. The van der Waals surface area contributed by atoms with E-state index in [0.717, 1.165) is 5.92 Å². The van der Waals surface area contributed by atoms with E-state index in [1.807, 2.05) is 0 Å². The topological polar surface area (TPSA) is 21.3 Å². The fourth-order valence-electron chi connectivity index (χ4n) is 3.48. The van der Waals surface area contributed by atoms with Crippen molar-refractivity contribution in [1.82, 2.24) is 5.48 Å². The quantitative estimate of drug-likeness (QED) is 0.731. The van der Waals surface area contributed by atoms with Crippen LogP contribution in [0.3, 0.4) is 0 Å². The van der Waals surface area contributed by atoms with Gasteiger partial charge in [-0.3, -0.25) is 4.84 Å². The predicted molar refractivity (Wildman–Crippen MR) is 76.3 cm³/mol. The van der Waals surface area contributed by atoms with E-state index in [-0.39, 0.29) is 0 Å². The van der Waals surface area contributed by atoms with Gasteiger partial charge in [0.2, 0.25) is 0 Å². The van der Waals surface area contributed by atoms with Crippen molar-refractivity contribution in [3.63, 3.8) is 0 Å². The summed E-state index contributed by atoms with van der Waals surface area (Å²) in [5.41, 5.74) is 3.88. The van der Waals surface area contributed by atoms with Crippen LogP contribution in [0.15, 0.2) is 0 Å². The summed E-state index contributed by atoms with van der Waals surface area (Å²) in [6.45, 7) is 7.19. The zero-order valence-corrected chi connectivity index (χ0v) is 12.5. The molecule has 0 bridgehead atoms. The van der Waals surface area contributed by atoms with E-state index in [0.29, 0.717) is 17.6 Å². The summed E-state index contributed by atoms with van der Waals surface area (Å²) in [4.78, 5) is 5.84. The second-order valence-electron chi connectivity index (χ2n) is 7.03. The molecule has 0 spiro atoms. The Kier molecular flexibility index (Phi) is 5.08. The molecule has 0 aromatic rings. The highest BCUT2D eigenvalue weighted by molar-refractivity contribution is 4.84. The average molecular weight is 253 g/mol. The standard InChI is InChI=1S/C16H31NO/c1-4-16(2,3)13-9-11-14(12-10-13)17-18-15-7-5-6-8-15/h13-15,17H,4-12H2,1-3H3. The molecule has 2 fully saturated rings. The molecule has 2 aliphatic rings. The first-order valence-electron chi connectivity index (χ1n) is 8.03. The highest BCUT2D eigenvalue weighted by Gasteiger charge is 2.32. The first kappa shape index (κ1) is 14.3. The predicted octanol–water partition coefficient (Wildman–Crippen LogP) is 4.45. The SMILES string of the molecule is CCC(C)(C)C1CCC(NOC2CCCC2)CC1. The minimum Gasteiger partial charge on any atom is -0.298 e. The zero-order valence-electron chi connectivity index (χ0n) is 12.5. The van der Waals surface area contributed by atoms with E-state index in [1.54, 1.807) is 0 Å². The van der Waals surface area contributed by atoms with Gasteiger partial charge in [0.25, 0.3) is 0 Å². The summed E-state index contributed by atoms with van der Waals surface area (Å²) in [7, 11) is 0. The largest absolute Gasteiger partial charge is 0.298 e. The van der Waals surface area contributed by atoms with Crippen LogP contribution in [-0.4, -0.2) is 12.1 Å². The summed E-state index contributed by atoms with van der Waals surface area (Å²) in [6.07, 6.45) is 12.3. The molecule has 0 aromatic carbocycles. The van der Waals surface area contributed by atoms with Crippen molar-refractivity contribution >= 4 is 0 Å². The van der Waals surface area contributed by atoms with Crippen molar-refractivity contribution in [3.05, 3.63) is 0 Å². The van der Waals surface area contributed by atoms with Gasteiger partial charge in [-0.25, -0.2) is 0 Å². The van der Waals surface area contributed by atoms with E-state index >= 15 is 0 Å². The van der Waals surface area contributed by atoms with E-state index in [4.69, 9.17) is 4.84 Å². The molecule has 106 valence electrons. The monoisotopic (exact) mass is 253 g/mol. The first-order chi connectivity index (χ1) is 8.62. The van der Waals surface area contributed by atoms with Crippen LogP contribution in [0, 0.1) is 11.3 Å². The molecule has 0 aliphatic heterocycles. The van der Waals surface area contributed by atoms with Crippen LogP contribution in [-0.2, 0) is 4.84 Å². The molecule has 0 atom stereocenters. The summed E-state index contributed by atoms with van der Waals surface area (Å²) in [5.74, 6) is 0.909. The third-order valence-electron chi connectivity index (χ3n) is 5.45. The van der Waals surface area contributed by atoms with Gasteiger partial charge in [-0.05, 0) is 49.9 Å². The smallest absolute Gasteiger partial charge is 0.0790 e. The van der Waals surface area contributed by atoms with Crippen LogP contribution in [0.2, 0.25) is 0 Å². The van der Waals surface area contributed by atoms with Gasteiger partial charge in [0, 0.05) is 6.04 Å². The van der Waals surface area contributed by atoms with Crippen LogP contribution in [0.1, 0.15) is 78.6 Å². The Labute approximate surface area is 113 Å². The third kappa shape index (κ3) is 3.71. The van der Waals surface area contributed by atoms with Crippen molar-refractivity contribution in [3.8, 4) is 0 Å². The number of hydrogen-bond acceptors (Lipinski definition) is 2. The maximum atomic E-state index is 5.84. The molecule has 0 aromatic heterocycles. The number of nitrogens with one attached hydrogen (secondary N) is 1. The summed E-state index contributed by atoms with van der Waals surface area (Å²) in [5, 5.41) is 0. The highest BCUT2D eigenvalue weighted by Crippen LogP contribution is 2.40. The van der Waals surface area contributed by atoms with Gasteiger partial charge >= 0.3 is 0 Å². The Balaban J connectivity index is 1.66. The molecule has 0 saturated heterocycles. The van der Waals surface area contributed by atoms with Crippen molar-refractivity contribution in [2.24, 2.45) is 11.3 Å². The lowest BCUT2D eigenvalue weighted by Crippen LogP contribution is -2.38. The molecule has 2 nitrogen and oxygen atoms in total. The lowest BCUT2D eigenvalue weighted by Gasteiger charge is -2.39. The Morgan fingerprint density at radius 1 is 1.00 bits per heavy atom. The number of hydrogen-bond donors (Lipinski definition) is 1. The second kappa shape index (κ2) is 6.38. The maximum Gasteiger partial charge on any atom is 0.0790 e. The van der Waals surface area contributed by atoms with Crippen LogP contribution < -0.4 is 5.48 Å². The van der Waals surface area contributed by atoms with Gasteiger partial charge in [-0.15, -0.1) is 0 Å². The lowest BCUT2D eigenvalue weighted by molar-refractivity contribution is -0.0517. The van der Waals surface area contributed by atoms with E-state index in [2.05, 4.69) is 26.3 Å². The lowest BCUT2D eigenvalue weighted by atomic mass is 9.69. The van der Waals surface area contributed by atoms with Gasteiger partial charge in [-0.2, -0.15) is 5.48 Å². The second-order valence-corrected chi connectivity index (χ2v) is 7.03. The van der Waals surface area contributed by atoms with Gasteiger partial charge in [0.1, 0.15) is 0 Å². The minimum atomic E-state index is 0.495.